The van der Waals surface area contributed by atoms with Crippen LogP contribution in [0.4, 0.5) is 11.4 Å². The monoisotopic (exact) mass is 450 g/mol. The summed E-state index contributed by atoms with van der Waals surface area (Å²) in [6.07, 6.45) is 0.306. The number of hydrogen-bond acceptors (Lipinski definition) is 5. The number of methoxy groups -OCH3 is 2. The number of rotatable bonds is 9. The fourth-order valence-electron chi connectivity index (χ4n) is 3.03. The molecule has 3 aromatic carbocycles. The highest BCUT2D eigenvalue weighted by atomic mass is 32.2. The Labute approximate surface area is 192 Å². The van der Waals surface area contributed by atoms with E-state index in [1.165, 1.54) is 11.8 Å². The molecule has 1 unspecified atom stereocenters. The highest BCUT2D eigenvalue weighted by molar-refractivity contribution is 8.00. The quantitative estimate of drug-likeness (QED) is 0.449. The van der Waals surface area contributed by atoms with Crippen LogP contribution in [0, 0.1) is 0 Å². The molecule has 3 aromatic rings. The van der Waals surface area contributed by atoms with E-state index in [1.54, 1.807) is 32.4 Å². The molecule has 6 nitrogen and oxygen atoms in total. The fraction of sp³-hybridized carbons (Fsp3) is 0.200. The lowest BCUT2D eigenvalue weighted by Crippen LogP contribution is -2.22. The number of nitrogens with one attached hydrogen (secondary N) is 2. The molecule has 32 heavy (non-hydrogen) atoms. The molecule has 0 bridgehead atoms. The Kier molecular flexibility index (Phi) is 8.16. The number of benzene rings is 3. The summed E-state index contributed by atoms with van der Waals surface area (Å²) in [5.74, 6) is 0.930. The van der Waals surface area contributed by atoms with Crippen molar-refractivity contribution in [2.75, 3.05) is 24.9 Å². The molecule has 2 N–H and O–H groups in total. The van der Waals surface area contributed by atoms with Gasteiger partial charge in [0.05, 0.1) is 31.6 Å². The van der Waals surface area contributed by atoms with Crippen LogP contribution in [-0.4, -0.2) is 31.3 Å². The zero-order valence-electron chi connectivity index (χ0n) is 18.3. The van der Waals surface area contributed by atoms with Gasteiger partial charge in [-0.15, -0.1) is 11.8 Å². The summed E-state index contributed by atoms with van der Waals surface area (Å²) in [4.78, 5) is 25.9. The van der Waals surface area contributed by atoms with Gasteiger partial charge in [-0.05, 0) is 42.8 Å². The Morgan fingerprint density at radius 1 is 0.906 bits per heavy atom. The first-order chi connectivity index (χ1) is 15.5. The van der Waals surface area contributed by atoms with Gasteiger partial charge < -0.3 is 20.1 Å². The molecule has 0 heterocycles. The number of hydrogen-bond donors (Lipinski definition) is 2. The molecular weight excluding hydrogens is 424 g/mol. The molecule has 7 heteroatoms. The van der Waals surface area contributed by atoms with Crippen LogP contribution in [0.1, 0.15) is 12.5 Å². The Bertz CT molecular complexity index is 1070. The molecular formula is C25H26N2O4S. The molecule has 0 aliphatic heterocycles. The maximum atomic E-state index is 12.7. The molecule has 0 aliphatic carbocycles. The minimum absolute atomic E-state index is 0.0873. The lowest BCUT2D eigenvalue weighted by molar-refractivity contribution is -0.116. The van der Waals surface area contributed by atoms with Gasteiger partial charge in [-0.1, -0.05) is 36.4 Å². The van der Waals surface area contributed by atoms with E-state index >= 15 is 0 Å². The van der Waals surface area contributed by atoms with E-state index in [2.05, 4.69) is 10.6 Å². The largest absolute Gasteiger partial charge is 0.497 e. The molecule has 0 radical (unpaired) electrons. The molecule has 0 spiro atoms. The molecule has 0 saturated heterocycles. The third-order valence-corrected chi connectivity index (χ3v) is 5.77. The van der Waals surface area contributed by atoms with E-state index in [4.69, 9.17) is 9.47 Å². The van der Waals surface area contributed by atoms with E-state index in [1.807, 2.05) is 61.5 Å². The second kappa shape index (κ2) is 11.2. The summed E-state index contributed by atoms with van der Waals surface area (Å²) in [7, 11) is 3.12. The summed E-state index contributed by atoms with van der Waals surface area (Å²) >= 11 is 1.41. The zero-order chi connectivity index (χ0) is 22.9. The smallest absolute Gasteiger partial charge is 0.237 e. The van der Waals surface area contributed by atoms with Crippen molar-refractivity contribution in [2.45, 2.75) is 23.5 Å². The molecule has 0 aliphatic rings. The summed E-state index contributed by atoms with van der Waals surface area (Å²) in [5.41, 5.74) is 2.22. The SMILES string of the molecule is COc1ccc(NC(=O)C(C)Sc2cccc(NC(=O)Cc3ccccc3)c2)c(OC)c1. The van der Waals surface area contributed by atoms with Crippen LogP contribution < -0.4 is 20.1 Å². The van der Waals surface area contributed by atoms with Crippen LogP contribution in [0.3, 0.4) is 0 Å². The van der Waals surface area contributed by atoms with Gasteiger partial charge >= 0.3 is 0 Å². The van der Waals surface area contributed by atoms with E-state index in [0.717, 1.165) is 10.5 Å². The number of carbonyl (C=O) groups is 2. The lowest BCUT2D eigenvalue weighted by atomic mass is 10.1. The number of ether oxygens (including phenoxy) is 2. The van der Waals surface area contributed by atoms with Crippen molar-refractivity contribution >= 4 is 35.0 Å². The highest BCUT2D eigenvalue weighted by Crippen LogP contribution is 2.31. The van der Waals surface area contributed by atoms with Gasteiger partial charge in [-0.25, -0.2) is 0 Å². The third-order valence-electron chi connectivity index (χ3n) is 4.67. The first-order valence-corrected chi connectivity index (χ1v) is 11.0. The molecule has 166 valence electrons. The Balaban J connectivity index is 1.59. The Morgan fingerprint density at radius 3 is 2.41 bits per heavy atom. The average Bonchev–Trinajstić information content (AvgIpc) is 2.80. The normalized spacial score (nSPS) is 11.3. The summed E-state index contributed by atoms with van der Waals surface area (Å²) in [6, 6.07) is 22.3. The van der Waals surface area contributed by atoms with Gasteiger partial charge in [-0.3, -0.25) is 9.59 Å². The number of carbonyl (C=O) groups excluding carboxylic acids is 2. The first-order valence-electron chi connectivity index (χ1n) is 10.1. The molecule has 0 aromatic heterocycles. The maximum absolute atomic E-state index is 12.7. The predicted molar refractivity (Wildman–Crippen MR) is 129 cm³/mol. The molecule has 0 fully saturated rings. The number of anilines is 2. The van der Waals surface area contributed by atoms with Crippen LogP contribution >= 0.6 is 11.8 Å². The van der Waals surface area contributed by atoms with Crippen molar-refractivity contribution in [3.8, 4) is 11.5 Å². The molecule has 2 amide bonds. The highest BCUT2D eigenvalue weighted by Gasteiger charge is 2.17. The van der Waals surface area contributed by atoms with Crippen molar-refractivity contribution in [3.05, 3.63) is 78.4 Å². The predicted octanol–water partition coefficient (Wildman–Crippen LogP) is 5.00. The summed E-state index contributed by atoms with van der Waals surface area (Å²) in [6.45, 7) is 1.83. The maximum Gasteiger partial charge on any atom is 0.237 e. The standard InChI is InChI=1S/C25H26N2O4S/c1-17(25(29)27-22-13-12-20(30-2)16-23(22)31-3)32-21-11-7-10-19(15-21)26-24(28)14-18-8-5-4-6-9-18/h4-13,15-17H,14H2,1-3H3,(H,26,28)(H,27,29). The molecule has 3 rings (SSSR count). The van der Waals surface area contributed by atoms with Gasteiger partial charge in [0.15, 0.2) is 0 Å². The van der Waals surface area contributed by atoms with Crippen molar-refractivity contribution in [1.82, 2.24) is 0 Å². The van der Waals surface area contributed by atoms with Crippen molar-refractivity contribution in [3.63, 3.8) is 0 Å². The van der Waals surface area contributed by atoms with Gasteiger partial charge in [-0.2, -0.15) is 0 Å². The summed E-state index contributed by atoms with van der Waals surface area (Å²) < 4.78 is 10.5. The molecule has 1 atom stereocenters. The number of thioether (sulfide) groups is 1. The minimum atomic E-state index is -0.364. The summed E-state index contributed by atoms with van der Waals surface area (Å²) in [5, 5.41) is 5.45. The van der Waals surface area contributed by atoms with Gasteiger partial charge in [0.2, 0.25) is 11.8 Å². The van der Waals surface area contributed by atoms with Crippen LogP contribution in [0.2, 0.25) is 0 Å². The zero-order valence-corrected chi connectivity index (χ0v) is 19.1. The van der Waals surface area contributed by atoms with Crippen LogP contribution in [0.15, 0.2) is 77.7 Å². The van der Waals surface area contributed by atoms with Crippen molar-refractivity contribution in [2.24, 2.45) is 0 Å². The van der Waals surface area contributed by atoms with E-state index in [0.29, 0.717) is 29.3 Å². The van der Waals surface area contributed by atoms with Gasteiger partial charge in [0, 0.05) is 16.6 Å². The van der Waals surface area contributed by atoms with Crippen LogP contribution in [0.25, 0.3) is 0 Å². The second-order valence-electron chi connectivity index (χ2n) is 7.05. The molecule has 0 saturated carbocycles. The fourth-order valence-corrected chi connectivity index (χ4v) is 3.95. The van der Waals surface area contributed by atoms with E-state index < -0.39 is 0 Å². The van der Waals surface area contributed by atoms with Gasteiger partial charge in [0.1, 0.15) is 11.5 Å². The van der Waals surface area contributed by atoms with Crippen LogP contribution in [-0.2, 0) is 16.0 Å². The minimum Gasteiger partial charge on any atom is -0.497 e. The van der Waals surface area contributed by atoms with Crippen LogP contribution in [0.5, 0.6) is 11.5 Å². The van der Waals surface area contributed by atoms with E-state index in [-0.39, 0.29) is 17.1 Å². The average molecular weight is 451 g/mol. The number of amides is 2. The lowest BCUT2D eigenvalue weighted by Gasteiger charge is -2.15. The Hall–Kier alpha value is -3.45. The second-order valence-corrected chi connectivity index (χ2v) is 8.47. The topological polar surface area (TPSA) is 76.7 Å². The third kappa shape index (κ3) is 6.52. The Morgan fingerprint density at radius 2 is 1.69 bits per heavy atom. The van der Waals surface area contributed by atoms with Gasteiger partial charge in [0.25, 0.3) is 0 Å². The first kappa shape index (κ1) is 23.2. The van der Waals surface area contributed by atoms with Crippen molar-refractivity contribution in [1.29, 1.82) is 0 Å². The van der Waals surface area contributed by atoms with Crippen molar-refractivity contribution < 1.29 is 19.1 Å². The van der Waals surface area contributed by atoms with E-state index in [9.17, 15) is 9.59 Å².